The number of phenolic OH excluding ortho intramolecular Hbond substituents is 1. The largest absolute Gasteiger partial charge is 0.508 e. The van der Waals surface area contributed by atoms with Crippen molar-refractivity contribution in [2.45, 2.75) is 12.1 Å². The van der Waals surface area contributed by atoms with E-state index in [1.807, 2.05) is 53.2 Å². The number of phenols is 1. The van der Waals surface area contributed by atoms with Crippen molar-refractivity contribution in [2.24, 2.45) is 0 Å². The molecule has 2 atom stereocenters. The smallest absolute Gasteiger partial charge is 0.116 e. The molecule has 3 aromatic rings. The fraction of sp³-hybridized carbons (Fsp3) is 0.118. The number of aliphatic hydroxyl groups excluding tert-OH is 1. The Balaban J connectivity index is 2.16. The molecule has 0 amide bonds. The topological polar surface area (TPSA) is 45.4 Å². The van der Waals surface area contributed by atoms with Crippen LogP contribution in [0.3, 0.4) is 0 Å². The third-order valence-electron chi connectivity index (χ3n) is 3.51. The molecule has 3 nitrogen and oxygen atoms in total. The molecule has 0 saturated carbocycles. The van der Waals surface area contributed by atoms with Crippen molar-refractivity contribution in [3.05, 3.63) is 73.3 Å². The van der Waals surface area contributed by atoms with Crippen LogP contribution in [0.25, 0.3) is 10.9 Å². The number of nitrogens with zero attached hydrogens (tertiary/aromatic N) is 1. The number of hydrogen-bond acceptors (Lipinski definition) is 2. The molecule has 2 aromatic carbocycles. The lowest BCUT2D eigenvalue weighted by Crippen LogP contribution is -2.22. The van der Waals surface area contributed by atoms with Crippen LogP contribution in [0.15, 0.2) is 60.8 Å². The number of aliphatic hydroxyl groups is 1. The highest BCUT2D eigenvalue weighted by atomic mass is 16.3. The van der Waals surface area contributed by atoms with E-state index >= 15 is 0 Å². The summed E-state index contributed by atoms with van der Waals surface area (Å²) < 4.78 is 1.99. The lowest BCUT2D eigenvalue weighted by Gasteiger charge is -2.23. The van der Waals surface area contributed by atoms with E-state index in [2.05, 4.69) is 6.92 Å². The SMILES string of the molecule is [CH2]C(O)C(c1ccccc1)n1ccc2cc(O)ccc21. The van der Waals surface area contributed by atoms with Gasteiger partial charge in [0.1, 0.15) is 5.75 Å². The van der Waals surface area contributed by atoms with E-state index in [1.54, 1.807) is 12.1 Å². The van der Waals surface area contributed by atoms with Crippen LogP contribution in [0.4, 0.5) is 0 Å². The second kappa shape index (κ2) is 5.02. The molecule has 0 bridgehead atoms. The summed E-state index contributed by atoms with van der Waals surface area (Å²) in [4.78, 5) is 0. The predicted molar refractivity (Wildman–Crippen MR) is 79.5 cm³/mol. The quantitative estimate of drug-likeness (QED) is 0.765. The molecule has 3 heteroatoms. The molecule has 101 valence electrons. The number of rotatable bonds is 3. The summed E-state index contributed by atoms with van der Waals surface area (Å²) in [6, 6.07) is 16.7. The molecule has 20 heavy (non-hydrogen) atoms. The maximum Gasteiger partial charge on any atom is 0.116 e. The predicted octanol–water partition coefficient (Wildman–Crippen LogP) is 3.13. The fourth-order valence-corrected chi connectivity index (χ4v) is 2.61. The molecule has 1 heterocycles. The van der Waals surface area contributed by atoms with Gasteiger partial charge in [0.2, 0.25) is 0 Å². The second-order valence-electron chi connectivity index (χ2n) is 4.89. The van der Waals surface area contributed by atoms with E-state index < -0.39 is 6.10 Å². The van der Waals surface area contributed by atoms with Gasteiger partial charge in [-0.2, -0.15) is 0 Å². The van der Waals surface area contributed by atoms with Gasteiger partial charge in [-0.25, -0.2) is 0 Å². The molecule has 0 aliphatic heterocycles. The van der Waals surface area contributed by atoms with E-state index in [0.717, 1.165) is 16.5 Å². The lowest BCUT2D eigenvalue weighted by molar-refractivity contribution is 0.175. The van der Waals surface area contributed by atoms with E-state index in [9.17, 15) is 10.2 Å². The Morgan fingerprint density at radius 3 is 2.45 bits per heavy atom. The first-order valence-electron chi connectivity index (χ1n) is 6.52. The monoisotopic (exact) mass is 266 g/mol. The first-order valence-corrected chi connectivity index (χ1v) is 6.52. The van der Waals surface area contributed by atoms with Crippen LogP contribution in [0.1, 0.15) is 11.6 Å². The highest BCUT2D eigenvalue weighted by molar-refractivity contribution is 5.82. The number of aromatic nitrogens is 1. The third kappa shape index (κ3) is 2.17. The highest BCUT2D eigenvalue weighted by Gasteiger charge is 2.20. The van der Waals surface area contributed by atoms with Gasteiger partial charge < -0.3 is 14.8 Å². The minimum absolute atomic E-state index is 0.238. The summed E-state index contributed by atoms with van der Waals surface area (Å²) >= 11 is 0. The summed E-state index contributed by atoms with van der Waals surface area (Å²) in [6.45, 7) is 3.78. The molecule has 1 aromatic heterocycles. The molecule has 0 spiro atoms. The number of hydrogen-bond donors (Lipinski definition) is 2. The minimum atomic E-state index is -0.762. The molecule has 0 saturated heterocycles. The number of benzene rings is 2. The Bertz CT molecular complexity index is 716. The molecule has 2 N–H and O–H groups in total. The summed E-state index contributed by atoms with van der Waals surface area (Å²) in [6.07, 6.45) is 1.15. The van der Waals surface area contributed by atoms with Crippen LogP contribution in [-0.2, 0) is 0 Å². The number of aromatic hydroxyl groups is 1. The van der Waals surface area contributed by atoms with Crippen molar-refractivity contribution < 1.29 is 10.2 Å². The average Bonchev–Trinajstić information content (AvgIpc) is 2.83. The van der Waals surface area contributed by atoms with Crippen molar-refractivity contribution in [2.75, 3.05) is 0 Å². The first kappa shape index (κ1) is 12.8. The van der Waals surface area contributed by atoms with Gasteiger partial charge >= 0.3 is 0 Å². The number of fused-ring (bicyclic) bond motifs is 1. The molecular weight excluding hydrogens is 250 g/mol. The zero-order valence-electron chi connectivity index (χ0n) is 11.0. The van der Waals surface area contributed by atoms with Crippen LogP contribution >= 0.6 is 0 Å². The van der Waals surface area contributed by atoms with Gasteiger partial charge in [-0.15, -0.1) is 0 Å². The molecule has 0 aliphatic carbocycles. The Morgan fingerprint density at radius 1 is 1.00 bits per heavy atom. The molecule has 3 rings (SSSR count). The maximum absolute atomic E-state index is 10.1. The van der Waals surface area contributed by atoms with Crippen molar-refractivity contribution >= 4 is 10.9 Å². The molecule has 2 unspecified atom stereocenters. The summed E-state index contributed by atoms with van der Waals surface area (Å²) in [5.74, 6) is 0.238. The van der Waals surface area contributed by atoms with Gasteiger partial charge in [-0.3, -0.25) is 0 Å². The summed E-state index contributed by atoms with van der Waals surface area (Å²) in [7, 11) is 0. The molecule has 0 aliphatic rings. The van der Waals surface area contributed by atoms with Gasteiger partial charge in [0.25, 0.3) is 0 Å². The van der Waals surface area contributed by atoms with Crippen LogP contribution in [-0.4, -0.2) is 20.9 Å². The highest BCUT2D eigenvalue weighted by Crippen LogP contribution is 2.29. The van der Waals surface area contributed by atoms with Gasteiger partial charge in [-0.05, 0) is 36.8 Å². The van der Waals surface area contributed by atoms with Gasteiger partial charge in [0.15, 0.2) is 0 Å². The minimum Gasteiger partial charge on any atom is -0.508 e. The third-order valence-corrected chi connectivity index (χ3v) is 3.51. The Morgan fingerprint density at radius 2 is 1.75 bits per heavy atom. The zero-order valence-corrected chi connectivity index (χ0v) is 11.0. The van der Waals surface area contributed by atoms with Crippen LogP contribution in [0.2, 0.25) is 0 Å². The standard InChI is InChI=1S/C17H16NO2/c1-12(19)17(13-5-3-2-4-6-13)18-10-9-14-11-15(20)7-8-16(14)18/h2-12,17,19-20H,1H2. The van der Waals surface area contributed by atoms with Crippen molar-refractivity contribution in [3.63, 3.8) is 0 Å². The maximum atomic E-state index is 10.1. The van der Waals surface area contributed by atoms with Crippen LogP contribution < -0.4 is 0 Å². The van der Waals surface area contributed by atoms with Crippen molar-refractivity contribution in [1.82, 2.24) is 4.57 Å². The van der Waals surface area contributed by atoms with Crippen molar-refractivity contribution in [1.29, 1.82) is 0 Å². The summed E-state index contributed by atoms with van der Waals surface area (Å²) in [5.41, 5.74) is 1.96. The van der Waals surface area contributed by atoms with Gasteiger partial charge in [0.05, 0.1) is 12.1 Å². The molecular formula is C17H16NO2. The first-order chi connectivity index (χ1) is 9.66. The lowest BCUT2D eigenvalue weighted by atomic mass is 10.0. The Kier molecular flexibility index (Phi) is 3.20. The van der Waals surface area contributed by atoms with Crippen molar-refractivity contribution in [3.8, 4) is 5.75 Å². The van der Waals surface area contributed by atoms with E-state index in [-0.39, 0.29) is 11.8 Å². The van der Waals surface area contributed by atoms with Gasteiger partial charge in [-0.1, -0.05) is 30.3 Å². The van der Waals surface area contributed by atoms with E-state index in [0.29, 0.717) is 0 Å². The van der Waals surface area contributed by atoms with E-state index in [1.165, 1.54) is 0 Å². The van der Waals surface area contributed by atoms with Gasteiger partial charge in [0, 0.05) is 17.1 Å². The molecule has 0 fully saturated rings. The zero-order chi connectivity index (χ0) is 14.1. The molecule has 1 radical (unpaired) electrons. The van der Waals surface area contributed by atoms with E-state index in [4.69, 9.17) is 0 Å². The van der Waals surface area contributed by atoms with Crippen LogP contribution in [0, 0.1) is 6.92 Å². The fourth-order valence-electron chi connectivity index (χ4n) is 2.61. The second-order valence-corrected chi connectivity index (χ2v) is 4.89. The Labute approximate surface area is 117 Å². The van der Waals surface area contributed by atoms with Crippen LogP contribution in [0.5, 0.6) is 5.75 Å². The Hall–Kier alpha value is -2.26. The summed E-state index contributed by atoms with van der Waals surface area (Å²) in [5, 5.41) is 20.5. The normalized spacial score (nSPS) is 14.3. The average molecular weight is 266 g/mol.